The average Bonchev–Trinajstić information content (AvgIpc) is 2.25. The largest absolute Gasteiger partial charge is 0.381 e. The van der Waals surface area contributed by atoms with Crippen molar-refractivity contribution in [2.45, 2.75) is 25.8 Å². The Bertz CT molecular complexity index is 367. The van der Waals surface area contributed by atoms with Crippen molar-refractivity contribution in [3.05, 3.63) is 35.1 Å². The normalized spacial score (nSPS) is 25.7. The molecule has 2 unspecified atom stereocenters. The number of ether oxygens (including phenoxy) is 1. The zero-order valence-corrected chi connectivity index (χ0v) is 9.58. The van der Waals surface area contributed by atoms with Gasteiger partial charge in [0.15, 0.2) is 0 Å². The summed E-state index contributed by atoms with van der Waals surface area (Å²) in [6.07, 6.45) is 1.80. The van der Waals surface area contributed by atoms with Crippen LogP contribution in [0.3, 0.4) is 0 Å². The molecule has 1 aliphatic heterocycles. The van der Waals surface area contributed by atoms with Crippen molar-refractivity contribution in [1.29, 1.82) is 0 Å². The van der Waals surface area contributed by atoms with E-state index in [1.165, 1.54) is 11.6 Å². The fourth-order valence-corrected chi connectivity index (χ4v) is 2.19. The molecule has 88 valence electrons. The van der Waals surface area contributed by atoms with Crippen LogP contribution in [0.15, 0.2) is 18.2 Å². The molecule has 0 saturated carbocycles. The number of halogens is 1. The van der Waals surface area contributed by atoms with Gasteiger partial charge in [-0.15, -0.1) is 0 Å². The molecule has 16 heavy (non-hydrogen) atoms. The molecule has 0 amide bonds. The van der Waals surface area contributed by atoms with E-state index < -0.39 is 0 Å². The van der Waals surface area contributed by atoms with Crippen LogP contribution >= 0.6 is 0 Å². The van der Waals surface area contributed by atoms with Crippen molar-refractivity contribution in [2.24, 2.45) is 11.7 Å². The van der Waals surface area contributed by atoms with Crippen LogP contribution in [0.2, 0.25) is 0 Å². The molecule has 2 nitrogen and oxygen atoms in total. The highest BCUT2D eigenvalue weighted by molar-refractivity contribution is 5.27. The summed E-state index contributed by atoms with van der Waals surface area (Å²) in [5.74, 6) is 0.184. The number of nitrogens with two attached hydrogens (primary N) is 1. The lowest BCUT2D eigenvalue weighted by Gasteiger charge is -2.29. The van der Waals surface area contributed by atoms with Crippen LogP contribution in [-0.4, -0.2) is 19.3 Å². The molecule has 1 heterocycles. The van der Waals surface area contributed by atoms with Gasteiger partial charge >= 0.3 is 0 Å². The van der Waals surface area contributed by atoms with Crippen LogP contribution < -0.4 is 5.73 Å². The Balaban J connectivity index is 2.07. The van der Waals surface area contributed by atoms with Crippen molar-refractivity contribution in [2.75, 3.05) is 13.2 Å². The van der Waals surface area contributed by atoms with E-state index in [4.69, 9.17) is 10.5 Å². The third-order valence-corrected chi connectivity index (χ3v) is 3.32. The molecule has 2 N–H and O–H groups in total. The first-order chi connectivity index (χ1) is 7.66. The van der Waals surface area contributed by atoms with Crippen molar-refractivity contribution < 1.29 is 9.13 Å². The van der Waals surface area contributed by atoms with Gasteiger partial charge in [-0.2, -0.15) is 0 Å². The lowest BCUT2D eigenvalue weighted by Crippen LogP contribution is -2.39. The smallest absolute Gasteiger partial charge is 0.123 e. The van der Waals surface area contributed by atoms with Gasteiger partial charge in [-0.05, 0) is 43.0 Å². The van der Waals surface area contributed by atoms with Crippen LogP contribution in [0.5, 0.6) is 0 Å². The van der Waals surface area contributed by atoms with Crippen LogP contribution in [-0.2, 0) is 11.2 Å². The van der Waals surface area contributed by atoms with E-state index in [2.05, 4.69) is 0 Å². The van der Waals surface area contributed by atoms with Crippen LogP contribution in [0.4, 0.5) is 4.39 Å². The number of aryl methyl sites for hydroxylation is 1. The number of rotatable bonds is 2. The minimum Gasteiger partial charge on any atom is -0.381 e. The summed E-state index contributed by atoms with van der Waals surface area (Å²) in [5, 5.41) is 0. The number of hydrogen-bond acceptors (Lipinski definition) is 2. The number of hydrogen-bond donors (Lipinski definition) is 1. The molecule has 0 aromatic heterocycles. The lowest BCUT2D eigenvalue weighted by atomic mass is 9.88. The Kier molecular flexibility index (Phi) is 3.56. The van der Waals surface area contributed by atoms with Crippen LogP contribution in [0, 0.1) is 18.7 Å². The predicted octanol–water partition coefficient (Wildman–Crippen LogP) is 2.04. The van der Waals surface area contributed by atoms with Gasteiger partial charge in [0.25, 0.3) is 0 Å². The van der Waals surface area contributed by atoms with Crippen molar-refractivity contribution in [3.63, 3.8) is 0 Å². The van der Waals surface area contributed by atoms with Gasteiger partial charge in [-0.1, -0.05) is 6.07 Å². The number of benzene rings is 1. The second-order valence-corrected chi connectivity index (χ2v) is 4.56. The minimum absolute atomic E-state index is 0.176. The lowest BCUT2D eigenvalue weighted by molar-refractivity contribution is 0.0422. The Hall–Kier alpha value is -0.930. The maximum atomic E-state index is 13.0. The summed E-state index contributed by atoms with van der Waals surface area (Å²) in [4.78, 5) is 0. The van der Waals surface area contributed by atoms with Gasteiger partial charge < -0.3 is 10.5 Å². The average molecular weight is 223 g/mol. The maximum absolute atomic E-state index is 13.0. The summed E-state index contributed by atoms with van der Waals surface area (Å²) >= 11 is 0. The van der Waals surface area contributed by atoms with E-state index in [0.717, 1.165) is 31.6 Å². The first-order valence-electron chi connectivity index (χ1n) is 5.75. The van der Waals surface area contributed by atoms with E-state index in [1.807, 2.05) is 13.0 Å². The van der Waals surface area contributed by atoms with Crippen molar-refractivity contribution in [3.8, 4) is 0 Å². The third kappa shape index (κ3) is 2.60. The van der Waals surface area contributed by atoms with Crippen LogP contribution in [0.1, 0.15) is 17.5 Å². The molecular weight excluding hydrogens is 205 g/mol. The van der Waals surface area contributed by atoms with Crippen molar-refractivity contribution >= 4 is 0 Å². The summed E-state index contributed by atoms with van der Waals surface area (Å²) in [5.41, 5.74) is 8.22. The third-order valence-electron chi connectivity index (χ3n) is 3.32. The Morgan fingerprint density at radius 1 is 1.50 bits per heavy atom. The van der Waals surface area contributed by atoms with E-state index in [9.17, 15) is 4.39 Å². The Morgan fingerprint density at radius 3 is 3.00 bits per heavy atom. The summed E-state index contributed by atoms with van der Waals surface area (Å²) in [7, 11) is 0. The molecule has 1 saturated heterocycles. The first kappa shape index (κ1) is 11.6. The summed E-state index contributed by atoms with van der Waals surface area (Å²) in [6, 6.07) is 5.15. The molecule has 1 aliphatic rings. The molecule has 1 fully saturated rings. The monoisotopic (exact) mass is 223 g/mol. The van der Waals surface area contributed by atoms with Gasteiger partial charge in [0.1, 0.15) is 5.82 Å². The molecule has 1 aromatic carbocycles. The predicted molar refractivity (Wildman–Crippen MR) is 61.7 cm³/mol. The highest BCUT2D eigenvalue weighted by atomic mass is 19.1. The highest BCUT2D eigenvalue weighted by Crippen LogP contribution is 2.20. The quantitative estimate of drug-likeness (QED) is 0.832. The fourth-order valence-electron chi connectivity index (χ4n) is 2.19. The Labute approximate surface area is 95.6 Å². The van der Waals surface area contributed by atoms with Gasteiger partial charge in [0.05, 0.1) is 6.61 Å². The molecule has 0 radical (unpaired) electrons. The first-order valence-corrected chi connectivity index (χ1v) is 5.75. The fraction of sp³-hybridized carbons (Fsp3) is 0.538. The van der Waals surface area contributed by atoms with Gasteiger partial charge in [0, 0.05) is 18.6 Å². The molecule has 0 bridgehead atoms. The second-order valence-electron chi connectivity index (χ2n) is 4.56. The molecule has 0 aliphatic carbocycles. The SMILES string of the molecule is Cc1cc(F)ccc1CC1COCCC1N. The molecule has 0 spiro atoms. The molecule has 2 rings (SSSR count). The molecule has 3 heteroatoms. The second kappa shape index (κ2) is 4.93. The van der Waals surface area contributed by atoms with Gasteiger partial charge in [-0.3, -0.25) is 0 Å². The maximum Gasteiger partial charge on any atom is 0.123 e. The minimum atomic E-state index is -0.176. The molecule has 2 atom stereocenters. The van der Waals surface area contributed by atoms with E-state index >= 15 is 0 Å². The van der Waals surface area contributed by atoms with Crippen molar-refractivity contribution in [1.82, 2.24) is 0 Å². The Morgan fingerprint density at radius 2 is 2.31 bits per heavy atom. The molecule has 1 aromatic rings. The van der Waals surface area contributed by atoms with E-state index in [0.29, 0.717) is 5.92 Å². The zero-order valence-electron chi connectivity index (χ0n) is 9.58. The summed E-state index contributed by atoms with van der Waals surface area (Å²) in [6.45, 7) is 3.42. The topological polar surface area (TPSA) is 35.2 Å². The van der Waals surface area contributed by atoms with Gasteiger partial charge in [0.2, 0.25) is 0 Å². The standard InChI is InChI=1S/C13H18FNO/c1-9-6-12(14)3-2-10(9)7-11-8-16-5-4-13(11)15/h2-3,6,11,13H,4-5,7-8,15H2,1H3. The molecular formula is C13H18FNO. The zero-order chi connectivity index (χ0) is 11.5. The summed E-state index contributed by atoms with van der Waals surface area (Å²) < 4.78 is 18.4. The van der Waals surface area contributed by atoms with E-state index in [-0.39, 0.29) is 11.9 Å². The van der Waals surface area contributed by atoms with Crippen LogP contribution in [0.25, 0.3) is 0 Å². The van der Waals surface area contributed by atoms with Gasteiger partial charge in [-0.25, -0.2) is 4.39 Å². The van der Waals surface area contributed by atoms with E-state index in [1.54, 1.807) is 6.07 Å². The highest BCUT2D eigenvalue weighted by Gasteiger charge is 2.23.